The molecule has 0 saturated carbocycles. The zero-order valence-electron chi connectivity index (χ0n) is 10.9. The van der Waals surface area contributed by atoms with Crippen LogP contribution < -0.4 is 10.6 Å². The van der Waals surface area contributed by atoms with Gasteiger partial charge in [-0.25, -0.2) is 9.59 Å². The van der Waals surface area contributed by atoms with Gasteiger partial charge in [-0.2, -0.15) is 0 Å². The molecular formula is C12H15BrN2O5. The van der Waals surface area contributed by atoms with Gasteiger partial charge in [-0.1, -0.05) is 13.3 Å². The van der Waals surface area contributed by atoms with Crippen LogP contribution in [0.25, 0.3) is 0 Å². The minimum Gasteiger partial charge on any atom is -0.450 e. The van der Waals surface area contributed by atoms with E-state index in [2.05, 4.69) is 26.0 Å². The highest BCUT2D eigenvalue weighted by atomic mass is 79.9. The number of unbranched alkanes of at least 4 members (excludes halogenated alkanes) is 1. The molecule has 0 bridgehead atoms. The summed E-state index contributed by atoms with van der Waals surface area (Å²) in [7, 11) is 0. The predicted molar refractivity (Wildman–Crippen MR) is 73.1 cm³/mol. The van der Waals surface area contributed by atoms with E-state index in [1.54, 1.807) is 0 Å². The Morgan fingerprint density at radius 1 is 1.35 bits per heavy atom. The number of urea groups is 1. The molecule has 0 spiro atoms. The zero-order valence-corrected chi connectivity index (χ0v) is 12.5. The molecule has 0 aromatic carbocycles. The lowest BCUT2D eigenvalue weighted by atomic mass is 10.3. The molecule has 0 aliphatic carbocycles. The second-order valence-electron chi connectivity index (χ2n) is 3.84. The maximum absolute atomic E-state index is 11.4. The summed E-state index contributed by atoms with van der Waals surface area (Å²) in [6.45, 7) is 1.91. The quantitative estimate of drug-likeness (QED) is 0.604. The summed E-state index contributed by atoms with van der Waals surface area (Å²) < 4.78 is 10.0. The molecule has 0 fully saturated rings. The lowest BCUT2D eigenvalue weighted by Crippen LogP contribution is -2.41. The van der Waals surface area contributed by atoms with Crippen LogP contribution >= 0.6 is 15.9 Å². The van der Waals surface area contributed by atoms with Gasteiger partial charge in [0.1, 0.15) is 0 Å². The summed E-state index contributed by atoms with van der Waals surface area (Å²) in [6, 6.07) is 2.32. The van der Waals surface area contributed by atoms with Gasteiger partial charge >= 0.3 is 12.0 Å². The van der Waals surface area contributed by atoms with Gasteiger partial charge in [0.05, 0.1) is 0 Å². The molecule has 1 rings (SSSR count). The van der Waals surface area contributed by atoms with Gasteiger partial charge in [0.15, 0.2) is 11.3 Å². The molecule has 0 radical (unpaired) electrons. The molecule has 1 aromatic heterocycles. The van der Waals surface area contributed by atoms with Crippen LogP contribution in [0.1, 0.15) is 30.3 Å². The standard InChI is InChI=1S/C12H15BrN2O5/c1-2-3-6-14-12(18)15-10(16)7-19-11(17)8-4-5-9(13)20-8/h4-5H,2-3,6-7H2,1H3,(H2,14,15,16,18). The second-order valence-corrected chi connectivity index (χ2v) is 4.62. The Labute approximate surface area is 124 Å². The molecule has 0 saturated heterocycles. The summed E-state index contributed by atoms with van der Waals surface area (Å²) in [4.78, 5) is 34.0. The summed E-state index contributed by atoms with van der Waals surface area (Å²) in [5.74, 6) is -1.52. The molecule has 110 valence electrons. The van der Waals surface area contributed by atoms with Gasteiger partial charge in [0.2, 0.25) is 5.76 Å². The molecule has 20 heavy (non-hydrogen) atoms. The first-order chi connectivity index (χ1) is 9.52. The average molecular weight is 347 g/mol. The number of carbonyl (C=O) groups is 3. The van der Waals surface area contributed by atoms with Crippen molar-refractivity contribution < 1.29 is 23.5 Å². The van der Waals surface area contributed by atoms with Crippen molar-refractivity contribution in [3.8, 4) is 0 Å². The van der Waals surface area contributed by atoms with E-state index in [0.717, 1.165) is 12.8 Å². The molecule has 1 aromatic rings. The Bertz CT molecular complexity index is 486. The van der Waals surface area contributed by atoms with Gasteiger partial charge in [-0.3, -0.25) is 10.1 Å². The summed E-state index contributed by atoms with van der Waals surface area (Å²) in [6.07, 6.45) is 1.76. The first-order valence-corrected chi connectivity index (χ1v) is 6.82. The molecule has 8 heteroatoms. The number of furan rings is 1. The lowest BCUT2D eigenvalue weighted by molar-refractivity contribution is -0.123. The van der Waals surface area contributed by atoms with Crippen molar-refractivity contribution in [3.05, 3.63) is 22.6 Å². The monoisotopic (exact) mass is 346 g/mol. The van der Waals surface area contributed by atoms with Crippen LogP contribution in [-0.2, 0) is 9.53 Å². The van der Waals surface area contributed by atoms with Crippen LogP contribution in [-0.4, -0.2) is 31.1 Å². The van der Waals surface area contributed by atoms with Crippen molar-refractivity contribution >= 4 is 33.8 Å². The third-order valence-electron chi connectivity index (χ3n) is 2.18. The number of rotatable bonds is 6. The highest BCUT2D eigenvalue weighted by Gasteiger charge is 2.15. The highest BCUT2D eigenvalue weighted by Crippen LogP contribution is 2.14. The van der Waals surface area contributed by atoms with Gasteiger partial charge in [0, 0.05) is 6.54 Å². The average Bonchev–Trinajstić information content (AvgIpc) is 2.83. The van der Waals surface area contributed by atoms with Crippen LogP contribution in [0, 0.1) is 0 Å². The Hall–Kier alpha value is -1.83. The van der Waals surface area contributed by atoms with Crippen LogP contribution in [0.4, 0.5) is 4.79 Å². The fourth-order valence-electron chi connectivity index (χ4n) is 1.21. The van der Waals surface area contributed by atoms with Crippen LogP contribution in [0.2, 0.25) is 0 Å². The smallest absolute Gasteiger partial charge is 0.374 e. The molecule has 0 aliphatic rings. The Morgan fingerprint density at radius 3 is 2.70 bits per heavy atom. The van der Waals surface area contributed by atoms with Crippen LogP contribution in [0.5, 0.6) is 0 Å². The maximum Gasteiger partial charge on any atom is 0.374 e. The third kappa shape index (κ3) is 5.87. The summed E-state index contributed by atoms with van der Waals surface area (Å²) in [5.41, 5.74) is 0. The number of imide groups is 1. The molecule has 0 atom stereocenters. The largest absolute Gasteiger partial charge is 0.450 e. The number of ether oxygens (including phenoxy) is 1. The number of esters is 1. The number of hydrogen-bond acceptors (Lipinski definition) is 5. The molecule has 3 amide bonds. The van der Waals surface area contributed by atoms with Crippen molar-refractivity contribution in [2.75, 3.05) is 13.2 Å². The second kappa shape index (κ2) is 8.36. The fourth-order valence-corrected chi connectivity index (χ4v) is 1.52. The van der Waals surface area contributed by atoms with Crippen molar-refractivity contribution in [1.29, 1.82) is 0 Å². The molecule has 0 aliphatic heterocycles. The van der Waals surface area contributed by atoms with Gasteiger partial charge in [-0.05, 0) is 34.5 Å². The first kappa shape index (κ1) is 16.2. The maximum atomic E-state index is 11.4. The number of hydrogen-bond donors (Lipinski definition) is 2. The molecule has 7 nitrogen and oxygen atoms in total. The van der Waals surface area contributed by atoms with Crippen molar-refractivity contribution in [1.82, 2.24) is 10.6 Å². The van der Waals surface area contributed by atoms with Crippen LogP contribution in [0.15, 0.2) is 21.2 Å². The van der Waals surface area contributed by atoms with Gasteiger partial charge in [0.25, 0.3) is 5.91 Å². The van der Waals surface area contributed by atoms with E-state index < -0.39 is 24.5 Å². The SMILES string of the molecule is CCCCNC(=O)NC(=O)COC(=O)c1ccc(Br)o1. The van der Waals surface area contributed by atoms with E-state index in [-0.39, 0.29) is 5.76 Å². The predicted octanol–water partition coefficient (Wildman–Crippen LogP) is 1.82. The lowest BCUT2D eigenvalue weighted by Gasteiger charge is -2.06. The number of nitrogens with one attached hydrogen (secondary N) is 2. The zero-order chi connectivity index (χ0) is 15.0. The van der Waals surface area contributed by atoms with E-state index in [0.29, 0.717) is 11.2 Å². The van der Waals surface area contributed by atoms with Crippen molar-refractivity contribution in [2.24, 2.45) is 0 Å². The Morgan fingerprint density at radius 2 is 2.10 bits per heavy atom. The molecule has 2 N–H and O–H groups in total. The van der Waals surface area contributed by atoms with Crippen molar-refractivity contribution in [3.63, 3.8) is 0 Å². The number of carbonyl (C=O) groups excluding carboxylic acids is 3. The van der Waals surface area contributed by atoms with Gasteiger partial charge in [-0.15, -0.1) is 0 Å². The van der Waals surface area contributed by atoms with E-state index in [4.69, 9.17) is 4.42 Å². The fraction of sp³-hybridized carbons (Fsp3) is 0.417. The van der Waals surface area contributed by atoms with E-state index in [1.165, 1.54) is 12.1 Å². The first-order valence-electron chi connectivity index (χ1n) is 6.03. The summed E-state index contributed by atoms with van der Waals surface area (Å²) in [5, 5.41) is 4.55. The Balaban J connectivity index is 2.26. The number of halogens is 1. The van der Waals surface area contributed by atoms with Crippen molar-refractivity contribution in [2.45, 2.75) is 19.8 Å². The summed E-state index contributed by atoms with van der Waals surface area (Å²) >= 11 is 3.04. The third-order valence-corrected chi connectivity index (χ3v) is 2.60. The minimum atomic E-state index is -0.780. The molecular weight excluding hydrogens is 332 g/mol. The normalized spacial score (nSPS) is 9.90. The number of amides is 3. The Kier molecular flexibility index (Phi) is 6.78. The molecule has 1 heterocycles. The van der Waals surface area contributed by atoms with E-state index >= 15 is 0 Å². The van der Waals surface area contributed by atoms with Gasteiger partial charge < -0.3 is 14.5 Å². The van der Waals surface area contributed by atoms with Crippen LogP contribution in [0.3, 0.4) is 0 Å². The highest BCUT2D eigenvalue weighted by molar-refractivity contribution is 9.10. The molecule has 0 unspecified atom stereocenters. The van der Waals surface area contributed by atoms with E-state index in [9.17, 15) is 14.4 Å². The van der Waals surface area contributed by atoms with E-state index in [1.807, 2.05) is 12.2 Å². The topological polar surface area (TPSA) is 97.6 Å². The minimum absolute atomic E-state index is 0.0305.